The highest BCUT2D eigenvalue weighted by atomic mass is 32.2. The summed E-state index contributed by atoms with van der Waals surface area (Å²) in [5, 5.41) is 13.1. The van der Waals surface area contributed by atoms with E-state index in [1.54, 1.807) is 6.07 Å². The zero-order valence-electron chi connectivity index (χ0n) is 15.8. The second-order valence-electron chi connectivity index (χ2n) is 6.92. The third-order valence-corrected chi connectivity index (χ3v) is 6.10. The van der Waals surface area contributed by atoms with Crippen molar-refractivity contribution in [3.63, 3.8) is 0 Å². The maximum Gasteiger partial charge on any atom is 0.234 e. The maximum absolute atomic E-state index is 12.4. The molecule has 1 aromatic carbocycles. The van der Waals surface area contributed by atoms with Crippen LogP contribution in [0.2, 0.25) is 0 Å². The summed E-state index contributed by atoms with van der Waals surface area (Å²) in [7, 11) is 0. The van der Waals surface area contributed by atoms with Crippen LogP contribution in [-0.4, -0.2) is 36.3 Å². The van der Waals surface area contributed by atoms with Crippen LogP contribution in [0.1, 0.15) is 36.9 Å². The first-order valence-electron chi connectivity index (χ1n) is 9.53. The van der Waals surface area contributed by atoms with Crippen LogP contribution < -0.4 is 15.0 Å². The SMILES string of the molecule is CCOc1cccc(NC(=O)CSc2nc3c(cc2C#N)N2CCC3CC2)c1. The number of nitrogens with zero attached hydrogens (tertiary/aromatic N) is 3. The van der Waals surface area contributed by atoms with Crippen molar-refractivity contribution in [3.8, 4) is 11.8 Å². The number of fused-ring (bicyclic) bond motifs is 2. The van der Waals surface area contributed by atoms with Gasteiger partial charge in [-0.3, -0.25) is 4.79 Å². The number of nitriles is 1. The Morgan fingerprint density at radius 3 is 2.96 bits per heavy atom. The van der Waals surface area contributed by atoms with Gasteiger partial charge in [-0.05, 0) is 38.0 Å². The van der Waals surface area contributed by atoms with E-state index in [0.717, 1.165) is 43.1 Å². The van der Waals surface area contributed by atoms with Gasteiger partial charge in [0.2, 0.25) is 5.91 Å². The van der Waals surface area contributed by atoms with E-state index < -0.39 is 0 Å². The highest BCUT2D eigenvalue weighted by molar-refractivity contribution is 8.00. The molecule has 28 heavy (non-hydrogen) atoms. The highest BCUT2D eigenvalue weighted by Crippen LogP contribution is 2.42. The van der Waals surface area contributed by atoms with E-state index in [1.807, 2.05) is 31.2 Å². The number of pyridine rings is 1. The summed E-state index contributed by atoms with van der Waals surface area (Å²) in [4.78, 5) is 19.5. The molecule has 0 aliphatic carbocycles. The maximum atomic E-state index is 12.4. The fourth-order valence-electron chi connectivity index (χ4n) is 3.80. The number of benzene rings is 1. The zero-order chi connectivity index (χ0) is 19.5. The molecule has 1 fully saturated rings. The Morgan fingerprint density at radius 1 is 1.39 bits per heavy atom. The van der Waals surface area contributed by atoms with Gasteiger partial charge in [-0.1, -0.05) is 17.8 Å². The number of nitrogens with one attached hydrogen (secondary N) is 1. The second-order valence-corrected chi connectivity index (χ2v) is 7.88. The lowest BCUT2D eigenvalue weighted by Crippen LogP contribution is -2.39. The molecule has 1 aromatic heterocycles. The van der Waals surface area contributed by atoms with Crippen molar-refractivity contribution in [2.75, 3.05) is 35.7 Å². The molecule has 3 aliphatic heterocycles. The Labute approximate surface area is 168 Å². The van der Waals surface area contributed by atoms with Gasteiger partial charge in [0.1, 0.15) is 16.8 Å². The molecule has 0 radical (unpaired) electrons. The Balaban J connectivity index is 1.45. The van der Waals surface area contributed by atoms with E-state index in [2.05, 4.69) is 16.3 Å². The summed E-state index contributed by atoms with van der Waals surface area (Å²) in [5.74, 6) is 1.27. The first-order chi connectivity index (χ1) is 13.7. The average Bonchev–Trinajstić information content (AvgIpc) is 2.73. The van der Waals surface area contributed by atoms with Gasteiger partial charge in [-0.15, -0.1) is 0 Å². The van der Waals surface area contributed by atoms with E-state index in [4.69, 9.17) is 9.72 Å². The third kappa shape index (κ3) is 3.78. The highest BCUT2D eigenvalue weighted by Gasteiger charge is 2.33. The molecule has 2 bridgehead atoms. The van der Waals surface area contributed by atoms with Crippen LogP contribution in [0, 0.1) is 11.3 Å². The summed E-state index contributed by atoms with van der Waals surface area (Å²) in [5.41, 5.74) is 3.42. The monoisotopic (exact) mass is 394 g/mol. The molecule has 0 unspecified atom stereocenters. The smallest absolute Gasteiger partial charge is 0.234 e. The van der Waals surface area contributed by atoms with Gasteiger partial charge in [-0.25, -0.2) is 4.98 Å². The fraction of sp³-hybridized carbons (Fsp3) is 0.381. The molecular weight excluding hydrogens is 372 g/mol. The number of carbonyl (C=O) groups excluding carboxylic acids is 1. The number of amides is 1. The number of hydrogen-bond acceptors (Lipinski definition) is 6. The molecule has 7 heteroatoms. The van der Waals surface area contributed by atoms with Crippen LogP contribution in [0.15, 0.2) is 35.4 Å². The number of ether oxygens (including phenoxy) is 1. The van der Waals surface area contributed by atoms with E-state index in [9.17, 15) is 10.1 Å². The van der Waals surface area contributed by atoms with Gasteiger partial charge in [0.25, 0.3) is 0 Å². The van der Waals surface area contributed by atoms with Crippen molar-refractivity contribution in [3.05, 3.63) is 41.6 Å². The van der Waals surface area contributed by atoms with Crippen molar-refractivity contribution < 1.29 is 9.53 Å². The lowest BCUT2D eigenvalue weighted by Gasteiger charge is -2.41. The third-order valence-electron chi connectivity index (χ3n) is 5.11. The van der Waals surface area contributed by atoms with E-state index in [1.165, 1.54) is 11.8 Å². The van der Waals surface area contributed by atoms with E-state index >= 15 is 0 Å². The summed E-state index contributed by atoms with van der Waals surface area (Å²) in [6, 6.07) is 11.5. The van der Waals surface area contributed by atoms with Crippen LogP contribution in [0.3, 0.4) is 0 Å². The predicted octanol–water partition coefficient (Wildman–Crippen LogP) is 3.78. The van der Waals surface area contributed by atoms with Crippen molar-refractivity contribution in [2.45, 2.75) is 30.7 Å². The van der Waals surface area contributed by atoms with Gasteiger partial charge >= 0.3 is 0 Å². The van der Waals surface area contributed by atoms with Gasteiger partial charge in [0.05, 0.1) is 29.3 Å². The lowest BCUT2D eigenvalue weighted by atomic mass is 9.86. The molecule has 6 nitrogen and oxygen atoms in total. The molecule has 0 saturated carbocycles. The molecular formula is C21H22N4O2S. The van der Waals surface area contributed by atoms with Crippen molar-refractivity contribution in [1.29, 1.82) is 5.26 Å². The van der Waals surface area contributed by atoms with Crippen molar-refractivity contribution >= 4 is 29.0 Å². The van der Waals surface area contributed by atoms with Crippen LogP contribution >= 0.6 is 11.8 Å². The van der Waals surface area contributed by atoms with Gasteiger partial charge in [0.15, 0.2) is 0 Å². The number of anilines is 2. The minimum absolute atomic E-state index is 0.132. The Morgan fingerprint density at radius 2 is 2.21 bits per heavy atom. The lowest BCUT2D eigenvalue weighted by molar-refractivity contribution is -0.113. The average molecular weight is 395 g/mol. The normalized spacial score (nSPS) is 15.1. The Hall–Kier alpha value is -2.72. The summed E-state index contributed by atoms with van der Waals surface area (Å²) < 4.78 is 5.46. The topological polar surface area (TPSA) is 78.2 Å². The first-order valence-corrected chi connectivity index (χ1v) is 10.5. The number of aromatic nitrogens is 1. The molecule has 1 amide bonds. The van der Waals surface area contributed by atoms with Crippen molar-refractivity contribution in [1.82, 2.24) is 4.98 Å². The fourth-order valence-corrected chi connectivity index (χ4v) is 4.56. The predicted molar refractivity (Wildman–Crippen MR) is 110 cm³/mol. The molecule has 5 rings (SSSR count). The van der Waals surface area contributed by atoms with E-state index in [0.29, 0.717) is 28.8 Å². The number of hydrogen-bond donors (Lipinski definition) is 1. The number of thioether (sulfide) groups is 1. The molecule has 144 valence electrons. The van der Waals surface area contributed by atoms with Gasteiger partial charge < -0.3 is 15.0 Å². The molecule has 0 spiro atoms. The van der Waals surface area contributed by atoms with Crippen LogP contribution in [0.25, 0.3) is 0 Å². The second kappa shape index (κ2) is 8.11. The van der Waals surface area contributed by atoms with Gasteiger partial charge in [0, 0.05) is 30.8 Å². The summed E-state index contributed by atoms with van der Waals surface area (Å²) in [6.45, 7) is 4.58. The quantitative estimate of drug-likeness (QED) is 0.751. The van der Waals surface area contributed by atoms with Gasteiger partial charge in [-0.2, -0.15) is 5.26 Å². The van der Waals surface area contributed by atoms with Crippen LogP contribution in [0.4, 0.5) is 11.4 Å². The van der Waals surface area contributed by atoms with Crippen molar-refractivity contribution in [2.24, 2.45) is 0 Å². The van der Waals surface area contributed by atoms with E-state index in [-0.39, 0.29) is 11.7 Å². The number of piperidine rings is 1. The minimum atomic E-state index is -0.132. The molecule has 3 aliphatic rings. The van der Waals surface area contributed by atoms with Crippen LogP contribution in [-0.2, 0) is 4.79 Å². The summed E-state index contributed by atoms with van der Waals surface area (Å²) >= 11 is 1.32. The number of carbonyl (C=O) groups is 1. The first kappa shape index (κ1) is 18.6. The minimum Gasteiger partial charge on any atom is -0.494 e. The Bertz CT molecular complexity index is 932. The Kier molecular flexibility index (Phi) is 5.40. The standard InChI is InChI=1S/C21H22N4O2S/c1-2-27-17-5-3-4-16(11-17)23-19(26)13-28-21-15(12-22)10-18-20(24-21)14-6-8-25(18)9-7-14/h3-5,10-11,14H,2,6-9,13H2,1H3,(H,23,26). The molecule has 1 N–H and O–H groups in total. The molecule has 0 atom stereocenters. The molecule has 4 heterocycles. The summed E-state index contributed by atoms with van der Waals surface area (Å²) in [6.07, 6.45) is 2.24. The van der Waals surface area contributed by atoms with Crippen LogP contribution in [0.5, 0.6) is 5.75 Å². The zero-order valence-corrected chi connectivity index (χ0v) is 16.6. The number of rotatable bonds is 6. The largest absolute Gasteiger partial charge is 0.494 e. The molecule has 2 aromatic rings. The molecule has 1 saturated heterocycles.